The normalized spacial score (nSPS) is 12.3. The molecule has 0 saturated heterocycles. The summed E-state index contributed by atoms with van der Waals surface area (Å²) >= 11 is 0. The van der Waals surface area contributed by atoms with Gasteiger partial charge >= 0.3 is 5.97 Å². The van der Waals surface area contributed by atoms with Crippen molar-refractivity contribution in [3.63, 3.8) is 0 Å². The summed E-state index contributed by atoms with van der Waals surface area (Å²) in [7, 11) is 0. The van der Waals surface area contributed by atoms with E-state index in [2.05, 4.69) is 20.4 Å². The van der Waals surface area contributed by atoms with E-state index >= 15 is 0 Å². The number of amides is 1. The highest BCUT2D eigenvalue weighted by atomic mass is 16.4. The Balaban J connectivity index is 2.13. The average Bonchev–Trinajstić information content (AvgIpc) is 2.91. The van der Waals surface area contributed by atoms with Crippen LogP contribution >= 0.6 is 0 Å². The number of carboxylic acid groups (broad SMARTS) is 1. The van der Waals surface area contributed by atoms with Gasteiger partial charge in [0.05, 0.1) is 11.3 Å². The van der Waals surface area contributed by atoms with Gasteiger partial charge in [0.2, 0.25) is 0 Å². The Morgan fingerprint density at radius 1 is 1.43 bits per heavy atom. The van der Waals surface area contributed by atoms with Crippen molar-refractivity contribution in [1.82, 2.24) is 24.9 Å². The van der Waals surface area contributed by atoms with Crippen LogP contribution in [0, 0.1) is 5.92 Å². The SMILES string of the molecule is CCc1c(C(=O)NCC(C)CC(=O)O)cnc2ncnn12. The summed E-state index contributed by atoms with van der Waals surface area (Å²) in [4.78, 5) is 30.9. The monoisotopic (exact) mass is 291 g/mol. The number of carbonyl (C=O) groups is 2. The Morgan fingerprint density at radius 2 is 2.19 bits per heavy atom. The summed E-state index contributed by atoms with van der Waals surface area (Å²) in [6.45, 7) is 3.98. The van der Waals surface area contributed by atoms with Crippen molar-refractivity contribution in [1.29, 1.82) is 0 Å². The zero-order chi connectivity index (χ0) is 15.4. The second kappa shape index (κ2) is 6.29. The van der Waals surface area contributed by atoms with Crippen LogP contribution in [0.2, 0.25) is 0 Å². The molecule has 0 bridgehead atoms. The number of aliphatic carboxylic acids is 1. The predicted octanol–water partition coefficient (Wildman–Crippen LogP) is 0.527. The van der Waals surface area contributed by atoms with Crippen LogP contribution in [0.25, 0.3) is 5.78 Å². The van der Waals surface area contributed by atoms with Crippen LogP contribution < -0.4 is 5.32 Å². The maximum atomic E-state index is 12.2. The van der Waals surface area contributed by atoms with Gasteiger partial charge in [0.1, 0.15) is 6.33 Å². The van der Waals surface area contributed by atoms with Gasteiger partial charge in [-0.15, -0.1) is 0 Å². The number of hydrogen-bond acceptors (Lipinski definition) is 5. The molecule has 1 atom stereocenters. The van der Waals surface area contributed by atoms with E-state index in [4.69, 9.17) is 5.11 Å². The molecule has 0 aliphatic carbocycles. The van der Waals surface area contributed by atoms with E-state index in [0.29, 0.717) is 24.3 Å². The van der Waals surface area contributed by atoms with Crippen LogP contribution in [-0.4, -0.2) is 43.1 Å². The summed E-state index contributed by atoms with van der Waals surface area (Å²) in [5.74, 6) is -0.854. The van der Waals surface area contributed by atoms with Gasteiger partial charge < -0.3 is 10.4 Å². The van der Waals surface area contributed by atoms with Gasteiger partial charge in [0.25, 0.3) is 11.7 Å². The third-order valence-electron chi connectivity index (χ3n) is 3.12. The molecule has 2 aromatic rings. The lowest BCUT2D eigenvalue weighted by molar-refractivity contribution is -0.137. The molecule has 2 rings (SSSR count). The van der Waals surface area contributed by atoms with Crippen LogP contribution in [0.1, 0.15) is 36.3 Å². The maximum absolute atomic E-state index is 12.2. The van der Waals surface area contributed by atoms with Crippen LogP contribution in [0.3, 0.4) is 0 Å². The first-order valence-electron chi connectivity index (χ1n) is 6.70. The summed E-state index contributed by atoms with van der Waals surface area (Å²) in [6.07, 6.45) is 3.48. The highest BCUT2D eigenvalue weighted by Crippen LogP contribution is 2.10. The highest BCUT2D eigenvalue weighted by molar-refractivity contribution is 5.95. The zero-order valence-corrected chi connectivity index (χ0v) is 11.9. The molecule has 8 nitrogen and oxygen atoms in total. The molecular weight excluding hydrogens is 274 g/mol. The van der Waals surface area contributed by atoms with Gasteiger partial charge in [-0.25, -0.2) is 9.50 Å². The number of carboxylic acids is 1. The topological polar surface area (TPSA) is 109 Å². The lowest BCUT2D eigenvalue weighted by Gasteiger charge is -2.12. The van der Waals surface area contributed by atoms with E-state index in [1.165, 1.54) is 17.0 Å². The van der Waals surface area contributed by atoms with E-state index in [1.807, 2.05) is 6.92 Å². The van der Waals surface area contributed by atoms with Gasteiger partial charge in [-0.2, -0.15) is 10.1 Å². The molecule has 2 aromatic heterocycles. The molecule has 1 unspecified atom stereocenters. The lowest BCUT2D eigenvalue weighted by Crippen LogP contribution is -2.30. The minimum Gasteiger partial charge on any atom is -0.481 e. The summed E-state index contributed by atoms with van der Waals surface area (Å²) < 4.78 is 1.54. The first-order chi connectivity index (χ1) is 10.0. The van der Waals surface area contributed by atoms with Gasteiger partial charge in [-0.05, 0) is 12.3 Å². The van der Waals surface area contributed by atoms with Crippen molar-refractivity contribution in [2.45, 2.75) is 26.7 Å². The molecule has 0 aliphatic heterocycles. The Bertz CT molecular complexity index is 667. The number of aryl methyl sites for hydroxylation is 1. The van der Waals surface area contributed by atoms with Gasteiger partial charge in [0.15, 0.2) is 0 Å². The molecule has 0 aliphatic rings. The Morgan fingerprint density at radius 3 is 2.86 bits per heavy atom. The van der Waals surface area contributed by atoms with Gasteiger partial charge in [-0.1, -0.05) is 13.8 Å². The van der Waals surface area contributed by atoms with Crippen molar-refractivity contribution < 1.29 is 14.7 Å². The molecule has 2 heterocycles. The van der Waals surface area contributed by atoms with Crippen LogP contribution in [0.15, 0.2) is 12.5 Å². The molecule has 1 amide bonds. The molecule has 0 fully saturated rings. The molecule has 21 heavy (non-hydrogen) atoms. The predicted molar refractivity (Wildman–Crippen MR) is 73.9 cm³/mol. The number of rotatable bonds is 6. The van der Waals surface area contributed by atoms with Crippen molar-refractivity contribution in [3.8, 4) is 0 Å². The Labute approximate surface area is 121 Å². The minimum atomic E-state index is -0.878. The first kappa shape index (κ1) is 14.9. The quantitative estimate of drug-likeness (QED) is 0.803. The lowest BCUT2D eigenvalue weighted by atomic mass is 10.1. The largest absolute Gasteiger partial charge is 0.481 e. The highest BCUT2D eigenvalue weighted by Gasteiger charge is 2.16. The fourth-order valence-electron chi connectivity index (χ4n) is 2.09. The van der Waals surface area contributed by atoms with Gasteiger partial charge in [-0.3, -0.25) is 9.59 Å². The number of hydrogen-bond donors (Lipinski definition) is 2. The van der Waals surface area contributed by atoms with Crippen molar-refractivity contribution in [2.75, 3.05) is 6.54 Å². The molecule has 0 spiro atoms. The molecule has 8 heteroatoms. The summed E-state index contributed by atoms with van der Waals surface area (Å²) in [5.41, 5.74) is 1.15. The Kier molecular flexibility index (Phi) is 4.46. The van der Waals surface area contributed by atoms with E-state index in [0.717, 1.165) is 5.69 Å². The fraction of sp³-hybridized carbons (Fsp3) is 0.462. The average molecular weight is 291 g/mol. The first-order valence-corrected chi connectivity index (χ1v) is 6.70. The van der Waals surface area contributed by atoms with Crippen LogP contribution in [-0.2, 0) is 11.2 Å². The number of fused-ring (bicyclic) bond motifs is 1. The third kappa shape index (κ3) is 3.33. The van der Waals surface area contributed by atoms with Crippen molar-refractivity contribution in [2.24, 2.45) is 5.92 Å². The van der Waals surface area contributed by atoms with E-state index in [-0.39, 0.29) is 18.2 Å². The number of carbonyl (C=O) groups excluding carboxylic acids is 1. The van der Waals surface area contributed by atoms with E-state index < -0.39 is 5.97 Å². The molecule has 2 N–H and O–H groups in total. The second-order valence-corrected chi connectivity index (χ2v) is 4.86. The van der Waals surface area contributed by atoms with Crippen molar-refractivity contribution in [3.05, 3.63) is 23.8 Å². The maximum Gasteiger partial charge on any atom is 0.303 e. The fourth-order valence-corrected chi connectivity index (χ4v) is 2.09. The van der Waals surface area contributed by atoms with E-state index in [9.17, 15) is 9.59 Å². The number of nitrogens with one attached hydrogen (secondary N) is 1. The molecule has 0 saturated carbocycles. The summed E-state index contributed by atoms with van der Waals surface area (Å²) in [6, 6.07) is 0. The van der Waals surface area contributed by atoms with Gasteiger partial charge in [0, 0.05) is 19.2 Å². The van der Waals surface area contributed by atoms with Crippen LogP contribution in [0.5, 0.6) is 0 Å². The summed E-state index contributed by atoms with van der Waals surface area (Å²) in [5, 5.41) is 15.5. The number of aromatic nitrogens is 4. The smallest absolute Gasteiger partial charge is 0.303 e. The molecule has 112 valence electrons. The molecular formula is C13H17N5O3. The van der Waals surface area contributed by atoms with Crippen molar-refractivity contribution >= 4 is 17.7 Å². The van der Waals surface area contributed by atoms with Crippen LogP contribution in [0.4, 0.5) is 0 Å². The standard InChI is InChI=1S/C13H17N5O3/c1-3-10-9(6-15-13-16-7-17-18(10)13)12(21)14-5-8(2)4-11(19)20/h6-8H,3-5H2,1-2H3,(H,14,21)(H,19,20). The second-order valence-electron chi connectivity index (χ2n) is 4.86. The van der Waals surface area contributed by atoms with E-state index in [1.54, 1.807) is 6.92 Å². The minimum absolute atomic E-state index is 0.0152. The molecule has 0 radical (unpaired) electrons. The molecule has 0 aromatic carbocycles. The third-order valence-corrected chi connectivity index (χ3v) is 3.12. The number of nitrogens with zero attached hydrogens (tertiary/aromatic N) is 4. The zero-order valence-electron chi connectivity index (χ0n) is 11.9. The Hall–Kier alpha value is -2.51.